The maximum Gasteiger partial charge on any atom is 0.331 e. The lowest BCUT2D eigenvalue weighted by Gasteiger charge is -1.97. The van der Waals surface area contributed by atoms with Crippen molar-refractivity contribution in [3.8, 4) is 0 Å². The molecule has 1 aliphatic heterocycles. The molecule has 0 amide bonds. The summed E-state index contributed by atoms with van der Waals surface area (Å²) in [5, 5.41) is 0. The summed E-state index contributed by atoms with van der Waals surface area (Å²) in [6.07, 6.45) is 7.01. The molecule has 0 saturated heterocycles. The number of ether oxygens (including phenoxy) is 1. The van der Waals surface area contributed by atoms with Crippen LogP contribution in [0, 0.1) is 0 Å². The van der Waals surface area contributed by atoms with Gasteiger partial charge in [-0.2, -0.15) is 0 Å². The van der Waals surface area contributed by atoms with E-state index in [0.29, 0.717) is 6.61 Å². The van der Waals surface area contributed by atoms with Crippen molar-refractivity contribution in [2.45, 2.75) is 33.1 Å². The molecule has 0 unspecified atom stereocenters. The van der Waals surface area contributed by atoms with Crippen LogP contribution in [0.4, 0.5) is 0 Å². The third-order valence-corrected chi connectivity index (χ3v) is 1.98. The normalized spacial score (nSPS) is 15.2. The van der Waals surface area contributed by atoms with Gasteiger partial charge in [0.15, 0.2) is 0 Å². The number of hydrogen-bond donors (Lipinski definition) is 0. The number of carbonyl (C=O) groups excluding carboxylic acids is 1. The molecule has 1 heterocycles. The minimum absolute atomic E-state index is 0.183. The molecule has 2 heteroatoms. The Balaban J connectivity index is 2.17. The van der Waals surface area contributed by atoms with E-state index in [9.17, 15) is 4.79 Å². The molecule has 0 bridgehead atoms. The molecule has 0 aromatic rings. The number of esters is 1. The van der Waals surface area contributed by atoms with E-state index >= 15 is 0 Å². The van der Waals surface area contributed by atoms with Gasteiger partial charge in [-0.1, -0.05) is 11.6 Å². The summed E-state index contributed by atoms with van der Waals surface area (Å²) in [5.74, 6) is -0.183. The molecule has 0 N–H and O–H groups in total. The molecular weight excluding hydrogens is 164 g/mol. The lowest BCUT2D eigenvalue weighted by Crippen LogP contribution is -1.91. The molecule has 0 aromatic carbocycles. The van der Waals surface area contributed by atoms with E-state index in [-0.39, 0.29) is 5.97 Å². The van der Waals surface area contributed by atoms with Gasteiger partial charge in [0.1, 0.15) is 6.61 Å². The van der Waals surface area contributed by atoms with Gasteiger partial charge in [-0.15, -0.1) is 0 Å². The first-order chi connectivity index (χ1) is 6.18. The van der Waals surface area contributed by atoms with Crippen LogP contribution in [0.15, 0.2) is 23.3 Å². The SMILES string of the molecule is CC(C)=CCCCC1=CC(=O)OC1. The lowest BCUT2D eigenvalue weighted by atomic mass is 10.1. The first kappa shape index (κ1) is 10.0. The Hall–Kier alpha value is -1.05. The van der Waals surface area contributed by atoms with Crippen molar-refractivity contribution in [1.82, 2.24) is 0 Å². The van der Waals surface area contributed by atoms with Gasteiger partial charge in [0.2, 0.25) is 0 Å². The Bertz CT molecular complexity index is 245. The number of hydrogen-bond acceptors (Lipinski definition) is 2. The van der Waals surface area contributed by atoms with Gasteiger partial charge in [0, 0.05) is 6.08 Å². The second kappa shape index (κ2) is 4.85. The van der Waals surface area contributed by atoms with Crippen molar-refractivity contribution in [2.75, 3.05) is 6.61 Å². The van der Waals surface area contributed by atoms with Crippen molar-refractivity contribution >= 4 is 5.97 Å². The summed E-state index contributed by atoms with van der Waals surface area (Å²) in [7, 11) is 0. The summed E-state index contributed by atoms with van der Waals surface area (Å²) in [6, 6.07) is 0. The number of rotatable bonds is 4. The fourth-order valence-electron chi connectivity index (χ4n) is 1.28. The Morgan fingerprint density at radius 2 is 2.38 bits per heavy atom. The smallest absolute Gasteiger partial charge is 0.331 e. The van der Waals surface area contributed by atoms with E-state index in [1.165, 1.54) is 5.57 Å². The fraction of sp³-hybridized carbons (Fsp3) is 0.545. The highest BCUT2D eigenvalue weighted by Crippen LogP contribution is 2.14. The van der Waals surface area contributed by atoms with E-state index < -0.39 is 0 Å². The molecule has 0 atom stereocenters. The molecule has 0 fully saturated rings. The summed E-state index contributed by atoms with van der Waals surface area (Å²) in [6.45, 7) is 4.70. The first-order valence-electron chi connectivity index (χ1n) is 4.68. The topological polar surface area (TPSA) is 26.3 Å². The third-order valence-electron chi connectivity index (χ3n) is 1.98. The quantitative estimate of drug-likeness (QED) is 0.377. The minimum Gasteiger partial charge on any atom is -0.458 e. The van der Waals surface area contributed by atoms with Gasteiger partial charge in [-0.3, -0.25) is 0 Å². The number of carbonyl (C=O) groups is 1. The highest BCUT2D eigenvalue weighted by atomic mass is 16.5. The maximum absolute atomic E-state index is 10.7. The summed E-state index contributed by atoms with van der Waals surface area (Å²) >= 11 is 0. The molecule has 1 rings (SSSR count). The Labute approximate surface area is 79.3 Å². The molecule has 0 aliphatic carbocycles. The predicted octanol–water partition coefficient (Wildman–Crippen LogP) is 2.61. The number of cyclic esters (lactones) is 1. The van der Waals surface area contributed by atoms with Crippen molar-refractivity contribution in [3.63, 3.8) is 0 Å². The predicted molar refractivity (Wildman–Crippen MR) is 52.3 cm³/mol. The van der Waals surface area contributed by atoms with Crippen molar-refractivity contribution < 1.29 is 9.53 Å². The summed E-state index contributed by atoms with van der Waals surface area (Å²) in [5.41, 5.74) is 2.49. The zero-order chi connectivity index (χ0) is 9.68. The monoisotopic (exact) mass is 180 g/mol. The van der Waals surface area contributed by atoms with Gasteiger partial charge in [-0.05, 0) is 38.7 Å². The zero-order valence-electron chi connectivity index (χ0n) is 8.30. The molecular formula is C11H16O2. The van der Waals surface area contributed by atoms with E-state index in [2.05, 4.69) is 19.9 Å². The fourth-order valence-corrected chi connectivity index (χ4v) is 1.28. The minimum atomic E-state index is -0.183. The number of unbranched alkanes of at least 4 members (excludes halogenated alkanes) is 1. The first-order valence-corrected chi connectivity index (χ1v) is 4.68. The summed E-state index contributed by atoms with van der Waals surface area (Å²) < 4.78 is 4.80. The standard InChI is InChI=1S/C11H16O2/c1-9(2)5-3-4-6-10-7-11(12)13-8-10/h5,7H,3-4,6,8H2,1-2H3. The molecule has 0 radical (unpaired) electrons. The average molecular weight is 180 g/mol. The molecule has 1 aliphatic rings. The Morgan fingerprint density at radius 1 is 1.62 bits per heavy atom. The molecule has 0 aromatic heterocycles. The largest absolute Gasteiger partial charge is 0.458 e. The Kier molecular flexibility index (Phi) is 3.74. The lowest BCUT2D eigenvalue weighted by molar-refractivity contribution is -0.134. The van der Waals surface area contributed by atoms with Gasteiger partial charge in [-0.25, -0.2) is 4.79 Å². The van der Waals surface area contributed by atoms with Gasteiger partial charge in [0.05, 0.1) is 0 Å². The van der Waals surface area contributed by atoms with Crippen LogP contribution in [0.1, 0.15) is 33.1 Å². The van der Waals surface area contributed by atoms with Crippen LogP contribution >= 0.6 is 0 Å². The van der Waals surface area contributed by atoms with E-state index in [4.69, 9.17) is 4.74 Å². The van der Waals surface area contributed by atoms with E-state index in [1.54, 1.807) is 6.08 Å². The van der Waals surface area contributed by atoms with Crippen LogP contribution in [0.3, 0.4) is 0 Å². The highest BCUT2D eigenvalue weighted by Gasteiger charge is 2.11. The van der Waals surface area contributed by atoms with Crippen LogP contribution < -0.4 is 0 Å². The molecule has 72 valence electrons. The van der Waals surface area contributed by atoms with Crippen LogP contribution in [0.5, 0.6) is 0 Å². The van der Waals surface area contributed by atoms with Crippen molar-refractivity contribution in [3.05, 3.63) is 23.3 Å². The van der Waals surface area contributed by atoms with Crippen LogP contribution in [0.25, 0.3) is 0 Å². The van der Waals surface area contributed by atoms with E-state index in [1.807, 2.05) is 0 Å². The molecule has 13 heavy (non-hydrogen) atoms. The van der Waals surface area contributed by atoms with E-state index in [0.717, 1.165) is 24.8 Å². The second-order valence-electron chi connectivity index (χ2n) is 3.58. The molecule has 0 saturated carbocycles. The zero-order valence-corrected chi connectivity index (χ0v) is 8.30. The maximum atomic E-state index is 10.7. The number of allylic oxidation sites excluding steroid dienone is 2. The van der Waals surface area contributed by atoms with Gasteiger partial charge < -0.3 is 4.74 Å². The molecule has 2 nitrogen and oxygen atoms in total. The van der Waals surface area contributed by atoms with Crippen molar-refractivity contribution in [2.24, 2.45) is 0 Å². The highest BCUT2D eigenvalue weighted by molar-refractivity contribution is 5.85. The van der Waals surface area contributed by atoms with Crippen LogP contribution in [-0.2, 0) is 9.53 Å². The van der Waals surface area contributed by atoms with Crippen LogP contribution in [-0.4, -0.2) is 12.6 Å². The molecule has 0 spiro atoms. The van der Waals surface area contributed by atoms with Gasteiger partial charge >= 0.3 is 5.97 Å². The van der Waals surface area contributed by atoms with Gasteiger partial charge in [0.25, 0.3) is 0 Å². The second-order valence-corrected chi connectivity index (χ2v) is 3.58. The Morgan fingerprint density at radius 3 is 2.92 bits per heavy atom. The van der Waals surface area contributed by atoms with Crippen LogP contribution in [0.2, 0.25) is 0 Å². The average Bonchev–Trinajstić information content (AvgIpc) is 2.45. The van der Waals surface area contributed by atoms with Crippen molar-refractivity contribution in [1.29, 1.82) is 0 Å². The summed E-state index contributed by atoms with van der Waals surface area (Å²) in [4.78, 5) is 10.7. The third kappa shape index (κ3) is 3.92.